The molecule has 2 rings (SSSR count). The van der Waals surface area contributed by atoms with E-state index in [-0.39, 0.29) is 0 Å². The van der Waals surface area contributed by atoms with Crippen molar-refractivity contribution in [3.05, 3.63) is 34.6 Å². The molecule has 1 aromatic carbocycles. The minimum atomic E-state index is -2.24. The van der Waals surface area contributed by atoms with Gasteiger partial charge in [-0.2, -0.15) is 0 Å². The van der Waals surface area contributed by atoms with Crippen molar-refractivity contribution in [1.82, 2.24) is 5.32 Å². The number of ether oxygens (including phenoxy) is 1. The average Bonchev–Trinajstić information content (AvgIpc) is 2.32. The molecule has 0 atom stereocenters. The zero-order chi connectivity index (χ0) is 14.2. The Bertz CT molecular complexity index is 501. The number of rotatable bonds is 3. The number of hydrogen-bond acceptors (Lipinski definition) is 3. The highest BCUT2D eigenvalue weighted by atomic mass is 19.2. The fourth-order valence-corrected chi connectivity index (χ4v) is 1.49. The fraction of sp³-hybridized carbons (Fsp3) is 0.364. The second-order valence-electron chi connectivity index (χ2n) is 4.01. The Morgan fingerprint density at radius 2 is 1.47 bits per heavy atom. The molecule has 1 saturated heterocycles. The van der Waals surface area contributed by atoms with Crippen LogP contribution in [0.2, 0.25) is 0 Å². The molecule has 8 heteroatoms. The van der Waals surface area contributed by atoms with Crippen molar-refractivity contribution in [2.24, 2.45) is 5.92 Å². The molecule has 0 saturated carbocycles. The van der Waals surface area contributed by atoms with Crippen LogP contribution in [-0.2, 0) is 16.1 Å². The van der Waals surface area contributed by atoms with Crippen LogP contribution >= 0.6 is 0 Å². The van der Waals surface area contributed by atoms with Gasteiger partial charge in [-0.25, -0.2) is 22.0 Å². The van der Waals surface area contributed by atoms with Gasteiger partial charge in [-0.3, -0.25) is 4.79 Å². The second kappa shape index (κ2) is 5.12. The van der Waals surface area contributed by atoms with E-state index in [0.717, 1.165) is 0 Å². The van der Waals surface area contributed by atoms with Gasteiger partial charge in [0.25, 0.3) is 0 Å². The van der Waals surface area contributed by atoms with Gasteiger partial charge in [0.1, 0.15) is 6.61 Å². The Hall–Kier alpha value is -1.70. The Labute approximate surface area is 104 Å². The van der Waals surface area contributed by atoms with Crippen molar-refractivity contribution in [2.45, 2.75) is 6.61 Å². The SMILES string of the molecule is O=C(OCc1c(F)c(F)c(F)c(F)c1F)C1CNC1. The van der Waals surface area contributed by atoms with Crippen molar-refractivity contribution in [3.63, 3.8) is 0 Å². The number of carbonyl (C=O) groups is 1. The number of esters is 1. The van der Waals surface area contributed by atoms with E-state index in [1.54, 1.807) is 0 Å². The lowest BCUT2D eigenvalue weighted by atomic mass is 10.0. The normalized spacial score (nSPS) is 15.2. The first-order valence-corrected chi connectivity index (χ1v) is 5.31. The van der Waals surface area contributed by atoms with Gasteiger partial charge in [0.2, 0.25) is 5.82 Å². The second-order valence-corrected chi connectivity index (χ2v) is 4.01. The Morgan fingerprint density at radius 3 is 1.89 bits per heavy atom. The summed E-state index contributed by atoms with van der Waals surface area (Å²) in [6.45, 7) is -0.285. The van der Waals surface area contributed by atoms with Gasteiger partial charge in [0, 0.05) is 13.1 Å². The maximum atomic E-state index is 13.2. The van der Waals surface area contributed by atoms with Gasteiger partial charge in [0.05, 0.1) is 11.5 Å². The van der Waals surface area contributed by atoms with E-state index in [2.05, 4.69) is 10.1 Å². The lowest BCUT2D eigenvalue weighted by Crippen LogP contribution is -2.47. The number of carbonyl (C=O) groups excluding carboxylic acids is 1. The van der Waals surface area contributed by atoms with Gasteiger partial charge >= 0.3 is 5.97 Å². The molecule has 3 nitrogen and oxygen atoms in total. The number of nitrogens with one attached hydrogen (secondary N) is 1. The lowest BCUT2D eigenvalue weighted by Gasteiger charge is -2.24. The molecule has 0 radical (unpaired) electrons. The molecule has 0 aliphatic carbocycles. The minimum Gasteiger partial charge on any atom is -0.460 e. The van der Waals surface area contributed by atoms with Gasteiger partial charge in [-0.05, 0) is 0 Å². The highest BCUT2D eigenvalue weighted by molar-refractivity contribution is 5.74. The van der Waals surface area contributed by atoms with E-state index in [1.807, 2.05) is 0 Å². The van der Waals surface area contributed by atoms with Crippen LogP contribution in [0.1, 0.15) is 5.56 Å². The van der Waals surface area contributed by atoms with E-state index >= 15 is 0 Å². The summed E-state index contributed by atoms with van der Waals surface area (Å²) in [7, 11) is 0. The maximum Gasteiger partial charge on any atom is 0.311 e. The van der Waals surface area contributed by atoms with E-state index in [1.165, 1.54) is 0 Å². The number of halogens is 5. The van der Waals surface area contributed by atoms with Gasteiger partial charge < -0.3 is 10.1 Å². The summed E-state index contributed by atoms with van der Waals surface area (Å²) < 4.78 is 69.4. The van der Waals surface area contributed by atoms with Crippen LogP contribution < -0.4 is 5.32 Å². The quantitative estimate of drug-likeness (QED) is 0.396. The molecule has 104 valence electrons. The first-order valence-electron chi connectivity index (χ1n) is 5.31. The molecule has 0 amide bonds. The number of benzene rings is 1. The molecule has 1 fully saturated rings. The van der Waals surface area contributed by atoms with Crippen molar-refractivity contribution in [2.75, 3.05) is 13.1 Å². The minimum absolute atomic E-state index is 0.357. The van der Waals surface area contributed by atoms with E-state index in [0.29, 0.717) is 13.1 Å². The zero-order valence-corrected chi connectivity index (χ0v) is 9.40. The molecule has 1 aromatic rings. The van der Waals surface area contributed by atoms with Crippen molar-refractivity contribution < 1.29 is 31.5 Å². The van der Waals surface area contributed by atoms with Crippen LogP contribution in [0.5, 0.6) is 0 Å². The maximum absolute atomic E-state index is 13.2. The summed E-state index contributed by atoms with van der Waals surface area (Å²) >= 11 is 0. The van der Waals surface area contributed by atoms with Gasteiger partial charge in [0.15, 0.2) is 23.3 Å². The highest BCUT2D eigenvalue weighted by Gasteiger charge is 2.29. The molecule has 0 bridgehead atoms. The van der Waals surface area contributed by atoms with Crippen LogP contribution in [0.25, 0.3) is 0 Å². The molecule has 0 unspecified atom stereocenters. The summed E-state index contributed by atoms with van der Waals surface area (Å²) in [5.41, 5.74) is -1.16. The van der Waals surface area contributed by atoms with E-state index in [9.17, 15) is 26.7 Å². The summed E-state index contributed by atoms with van der Waals surface area (Å²) in [4.78, 5) is 11.3. The topological polar surface area (TPSA) is 38.3 Å². The first kappa shape index (κ1) is 13.7. The third-order valence-electron chi connectivity index (χ3n) is 2.77. The summed E-state index contributed by atoms with van der Waals surface area (Å²) in [6, 6.07) is 0. The highest BCUT2D eigenvalue weighted by Crippen LogP contribution is 2.23. The van der Waals surface area contributed by atoms with Crippen LogP contribution in [0.15, 0.2) is 0 Å². The Kier molecular flexibility index (Phi) is 3.70. The predicted molar refractivity (Wildman–Crippen MR) is 52.4 cm³/mol. The van der Waals surface area contributed by atoms with E-state index < -0.39 is 53.1 Å². The van der Waals surface area contributed by atoms with Crippen LogP contribution in [0.3, 0.4) is 0 Å². The van der Waals surface area contributed by atoms with Gasteiger partial charge in [-0.1, -0.05) is 0 Å². The number of hydrogen-bond donors (Lipinski definition) is 1. The smallest absolute Gasteiger partial charge is 0.311 e. The third kappa shape index (κ3) is 2.40. The third-order valence-corrected chi connectivity index (χ3v) is 2.77. The van der Waals surface area contributed by atoms with Gasteiger partial charge in [-0.15, -0.1) is 0 Å². The summed E-state index contributed by atoms with van der Waals surface area (Å²) in [6.07, 6.45) is 0. The first-order chi connectivity index (χ1) is 8.93. The molecule has 1 aliphatic heterocycles. The molecular formula is C11H8F5NO2. The molecule has 1 N–H and O–H groups in total. The molecule has 0 spiro atoms. The van der Waals surface area contributed by atoms with Crippen LogP contribution in [0, 0.1) is 35.0 Å². The monoisotopic (exact) mass is 281 g/mol. The van der Waals surface area contributed by atoms with Crippen molar-refractivity contribution in [3.8, 4) is 0 Å². The van der Waals surface area contributed by atoms with E-state index in [4.69, 9.17) is 0 Å². The molecule has 1 heterocycles. The Morgan fingerprint density at radius 1 is 1.00 bits per heavy atom. The molecule has 19 heavy (non-hydrogen) atoms. The molecular weight excluding hydrogens is 273 g/mol. The zero-order valence-electron chi connectivity index (χ0n) is 9.40. The lowest BCUT2D eigenvalue weighted by molar-refractivity contribution is -0.151. The predicted octanol–water partition coefficient (Wildman–Crippen LogP) is 1.64. The molecule has 1 aliphatic rings. The van der Waals surface area contributed by atoms with Crippen LogP contribution in [0.4, 0.5) is 22.0 Å². The van der Waals surface area contributed by atoms with Crippen molar-refractivity contribution >= 4 is 5.97 Å². The molecule has 0 aromatic heterocycles. The summed E-state index contributed by atoms with van der Waals surface area (Å²) in [5, 5.41) is 2.77. The average molecular weight is 281 g/mol. The Balaban J connectivity index is 2.18. The summed E-state index contributed by atoms with van der Waals surface area (Å²) in [5.74, 6) is -11.5. The van der Waals surface area contributed by atoms with Crippen LogP contribution in [-0.4, -0.2) is 19.1 Å². The largest absolute Gasteiger partial charge is 0.460 e. The fourth-order valence-electron chi connectivity index (χ4n) is 1.49. The standard InChI is InChI=1S/C11H8F5NO2/c12-6-5(3-19-11(18)4-1-17-2-4)7(13)9(15)10(16)8(6)14/h4,17H,1-3H2. The van der Waals surface area contributed by atoms with Crippen molar-refractivity contribution in [1.29, 1.82) is 0 Å².